The fourth-order valence-electron chi connectivity index (χ4n) is 2.57. The second-order valence-corrected chi connectivity index (χ2v) is 5.49. The van der Waals surface area contributed by atoms with Gasteiger partial charge in [-0.3, -0.25) is 9.78 Å². The smallest absolute Gasteiger partial charge is 0.263 e. The van der Waals surface area contributed by atoms with Crippen molar-refractivity contribution in [3.63, 3.8) is 0 Å². The van der Waals surface area contributed by atoms with Gasteiger partial charge in [0.15, 0.2) is 6.10 Å². The van der Waals surface area contributed by atoms with Crippen molar-refractivity contribution in [2.24, 2.45) is 11.7 Å². The van der Waals surface area contributed by atoms with Crippen molar-refractivity contribution in [2.75, 3.05) is 13.1 Å². The highest BCUT2D eigenvalue weighted by molar-refractivity contribution is 5.81. The van der Waals surface area contributed by atoms with Crippen LogP contribution in [0.4, 0.5) is 0 Å². The Balaban J connectivity index is 1.93. The first kappa shape index (κ1) is 14.8. The summed E-state index contributed by atoms with van der Waals surface area (Å²) in [6, 6.07) is 3.72. The van der Waals surface area contributed by atoms with E-state index < -0.39 is 6.10 Å². The Bertz CT molecular complexity index is 436. The number of hydrogen-bond donors (Lipinski definition) is 1. The van der Waals surface area contributed by atoms with Crippen molar-refractivity contribution in [3.05, 3.63) is 24.5 Å². The summed E-state index contributed by atoms with van der Waals surface area (Å²) in [7, 11) is 0. The highest BCUT2D eigenvalue weighted by Gasteiger charge is 2.29. The van der Waals surface area contributed by atoms with Crippen molar-refractivity contribution in [1.29, 1.82) is 0 Å². The van der Waals surface area contributed by atoms with Gasteiger partial charge in [-0.2, -0.15) is 0 Å². The highest BCUT2D eigenvalue weighted by Crippen LogP contribution is 2.20. The van der Waals surface area contributed by atoms with Gasteiger partial charge in [-0.05, 0) is 44.7 Å². The van der Waals surface area contributed by atoms with Crippen LogP contribution >= 0.6 is 0 Å². The number of carbonyl (C=O) groups is 1. The molecule has 5 nitrogen and oxygen atoms in total. The van der Waals surface area contributed by atoms with Gasteiger partial charge in [0.2, 0.25) is 0 Å². The van der Waals surface area contributed by atoms with E-state index >= 15 is 0 Å². The molecule has 0 unspecified atom stereocenters. The lowest BCUT2D eigenvalue weighted by atomic mass is 9.92. The molecule has 0 aliphatic carbocycles. The van der Waals surface area contributed by atoms with E-state index in [9.17, 15) is 4.79 Å². The first-order valence-corrected chi connectivity index (χ1v) is 7.19. The predicted molar refractivity (Wildman–Crippen MR) is 77.3 cm³/mol. The molecule has 0 spiro atoms. The van der Waals surface area contributed by atoms with Crippen molar-refractivity contribution in [2.45, 2.75) is 38.8 Å². The monoisotopic (exact) mass is 277 g/mol. The van der Waals surface area contributed by atoms with Gasteiger partial charge in [-0.1, -0.05) is 0 Å². The average Bonchev–Trinajstić information content (AvgIpc) is 2.47. The molecule has 0 bridgehead atoms. The topological polar surface area (TPSA) is 68.5 Å². The number of piperidine rings is 1. The maximum absolute atomic E-state index is 12.4. The molecular weight excluding hydrogens is 254 g/mol. The molecule has 1 saturated heterocycles. The molecule has 1 aromatic rings. The molecule has 0 saturated carbocycles. The Hall–Kier alpha value is -1.62. The van der Waals surface area contributed by atoms with Gasteiger partial charge in [-0.25, -0.2) is 0 Å². The number of pyridine rings is 1. The van der Waals surface area contributed by atoms with Gasteiger partial charge in [0.05, 0.1) is 6.20 Å². The van der Waals surface area contributed by atoms with Gasteiger partial charge in [0, 0.05) is 25.3 Å². The Kier molecular flexibility index (Phi) is 4.95. The van der Waals surface area contributed by atoms with Gasteiger partial charge in [-0.15, -0.1) is 0 Å². The summed E-state index contributed by atoms with van der Waals surface area (Å²) in [5.74, 6) is 1.03. The van der Waals surface area contributed by atoms with Crippen LogP contribution in [0, 0.1) is 5.92 Å². The van der Waals surface area contributed by atoms with Crippen molar-refractivity contribution in [1.82, 2.24) is 9.88 Å². The lowest BCUT2D eigenvalue weighted by Gasteiger charge is -2.35. The molecule has 1 amide bonds. The fraction of sp³-hybridized carbons (Fsp3) is 0.600. The van der Waals surface area contributed by atoms with Crippen LogP contribution in [0.1, 0.15) is 26.7 Å². The minimum absolute atomic E-state index is 0.0270. The second kappa shape index (κ2) is 6.70. The molecule has 3 atom stereocenters. The molecule has 2 N–H and O–H groups in total. The fourth-order valence-corrected chi connectivity index (χ4v) is 2.57. The molecule has 20 heavy (non-hydrogen) atoms. The number of nitrogens with two attached hydrogens (primary N) is 1. The highest BCUT2D eigenvalue weighted by atomic mass is 16.5. The average molecular weight is 277 g/mol. The number of rotatable bonds is 4. The summed E-state index contributed by atoms with van der Waals surface area (Å²) >= 11 is 0. The predicted octanol–water partition coefficient (Wildman–Crippen LogP) is 1.43. The minimum Gasteiger partial charge on any atom is -0.479 e. The number of carbonyl (C=O) groups excluding carboxylic acids is 1. The van der Waals surface area contributed by atoms with E-state index in [1.54, 1.807) is 31.5 Å². The molecule has 1 aliphatic heterocycles. The van der Waals surface area contributed by atoms with Crippen LogP contribution in [0.3, 0.4) is 0 Å². The number of nitrogens with zero attached hydrogens (tertiary/aromatic N) is 2. The lowest BCUT2D eigenvalue weighted by Crippen LogP contribution is -2.48. The number of amides is 1. The van der Waals surface area contributed by atoms with E-state index in [2.05, 4.69) is 4.98 Å². The van der Waals surface area contributed by atoms with Crippen LogP contribution in [0.15, 0.2) is 24.5 Å². The van der Waals surface area contributed by atoms with Gasteiger partial charge < -0.3 is 15.4 Å². The zero-order chi connectivity index (χ0) is 14.5. The third-order valence-electron chi connectivity index (χ3n) is 3.81. The van der Waals surface area contributed by atoms with E-state index in [0.29, 0.717) is 11.7 Å². The minimum atomic E-state index is -0.494. The Morgan fingerprint density at radius 1 is 1.55 bits per heavy atom. The Morgan fingerprint density at radius 3 is 3.00 bits per heavy atom. The molecule has 0 radical (unpaired) electrons. The van der Waals surface area contributed by atoms with E-state index in [0.717, 1.165) is 25.9 Å². The molecule has 2 rings (SSSR count). The Morgan fingerprint density at radius 2 is 2.35 bits per heavy atom. The van der Waals surface area contributed by atoms with Crippen molar-refractivity contribution >= 4 is 5.91 Å². The first-order valence-electron chi connectivity index (χ1n) is 7.19. The summed E-state index contributed by atoms with van der Waals surface area (Å²) in [5, 5.41) is 0. The molecule has 1 aliphatic rings. The summed E-state index contributed by atoms with van der Waals surface area (Å²) in [5.41, 5.74) is 5.95. The van der Waals surface area contributed by atoms with Gasteiger partial charge in [0.1, 0.15) is 5.75 Å². The molecule has 5 heteroatoms. The molecule has 2 heterocycles. The quantitative estimate of drug-likeness (QED) is 0.904. The van der Waals surface area contributed by atoms with E-state index in [-0.39, 0.29) is 11.9 Å². The van der Waals surface area contributed by atoms with Crippen LogP contribution in [0.25, 0.3) is 0 Å². The summed E-state index contributed by atoms with van der Waals surface area (Å²) in [6.45, 7) is 5.32. The zero-order valence-corrected chi connectivity index (χ0v) is 12.2. The lowest BCUT2D eigenvalue weighted by molar-refractivity contribution is -0.139. The van der Waals surface area contributed by atoms with E-state index in [1.165, 1.54) is 0 Å². The van der Waals surface area contributed by atoms with Gasteiger partial charge >= 0.3 is 0 Å². The first-order chi connectivity index (χ1) is 9.58. The number of likely N-dealkylation sites (tertiary alicyclic amines) is 1. The Labute approximate surface area is 120 Å². The largest absolute Gasteiger partial charge is 0.479 e. The third-order valence-corrected chi connectivity index (χ3v) is 3.81. The van der Waals surface area contributed by atoms with Crippen molar-refractivity contribution in [3.8, 4) is 5.75 Å². The van der Waals surface area contributed by atoms with Crippen LogP contribution in [0.5, 0.6) is 5.75 Å². The molecule has 1 aromatic heterocycles. The number of ether oxygens (including phenoxy) is 1. The summed E-state index contributed by atoms with van der Waals surface area (Å²) in [4.78, 5) is 18.3. The molecule has 110 valence electrons. The maximum atomic E-state index is 12.4. The second-order valence-electron chi connectivity index (χ2n) is 5.49. The van der Waals surface area contributed by atoms with Crippen LogP contribution in [-0.4, -0.2) is 41.0 Å². The summed E-state index contributed by atoms with van der Waals surface area (Å²) < 4.78 is 5.64. The zero-order valence-electron chi connectivity index (χ0n) is 12.2. The van der Waals surface area contributed by atoms with E-state index in [1.807, 2.05) is 11.8 Å². The van der Waals surface area contributed by atoms with Crippen LogP contribution < -0.4 is 10.5 Å². The van der Waals surface area contributed by atoms with Gasteiger partial charge in [0.25, 0.3) is 5.91 Å². The van der Waals surface area contributed by atoms with Crippen LogP contribution in [0.2, 0.25) is 0 Å². The van der Waals surface area contributed by atoms with E-state index in [4.69, 9.17) is 10.5 Å². The number of aromatic nitrogens is 1. The maximum Gasteiger partial charge on any atom is 0.263 e. The third kappa shape index (κ3) is 3.70. The molecule has 0 aromatic carbocycles. The molecule has 1 fully saturated rings. The van der Waals surface area contributed by atoms with Crippen molar-refractivity contribution < 1.29 is 9.53 Å². The molecular formula is C15H23N3O2. The van der Waals surface area contributed by atoms with Crippen LogP contribution in [-0.2, 0) is 4.79 Å². The standard InChI is InChI=1S/C15H23N3O2/c1-11(16)13-5-4-8-18(10-13)15(19)12(2)20-14-6-3-7-17-9-14/h3,6-7,9,11-13H,4-5,8,10,16H2,1-2H3/t11-,12-,13+/m0/s1. The number of hydrogen-bond acceptors (Lipinski definition) is 4. The summed E-state index contributed by atoms with van der Waals surface area (Å²) in [6.07, 6.45) is 4.91. The SMILES string of the molecule is C[C@H](Oc1cccnc1)C(=O)N1CCC[C@@H]([C@H](C)N)C1. The normalized spacial score (nSPS) is 22.1.